The zero-order valence-electron chi connectivity index (χ0n) is 14.2. The number of rotatable bonds is 6. The molecule has 1 aliphatic rings. The lowest BCUT2D eigenvalue weighted by molar-refractivity contribution is 0.0857. The van der Waals surface area contributed by atoms with Gasteiger partial charge in [0.15, 0.2) is 0 Å². The van der Waals surface area contributed by atoms with Crippen LogP contribution in [-0.4, -0.2) is 53.9 Å². The van der Waals surface area contributed by atoms with E-state index < -0.39 is 0 Å². The molecule has 1 amide bonds. The van der Waals surface area contributed by atoms with Gasteiger partial charge in [0.05, 0.1) is 23.6 Å². The van der Waals surface area contributed by atoms with Crippen LogP contribution in [0.3, 0.4) is 0 Å². The first-order valence-corrected chi connectivity index (χ1v) is 8.31. The summed E-state index contributed by atoms with van der Waals surface area (Å²) in [5.41, 5.74) is 2.51. The molecule has 2 heterocycles. The van der Waals surface area contributed by atoms with E-state index in [2.05, 4.69) is 15.3 Å². The van der Waals surface area contributed by atoms with Crippen molar-refractivity contribution < 1.29 is 9.53 Å². The normalized spacial score (nSPS) is 17.4. The summed E-state index contributed by atoms with van der Waals surface area (Å²) >= 11 is 0. The van der Waals surface area contributed by atoms with Crippen molar-refractivity contribution in [3.8, 4) is 5.69 Å². The van der Waals surface area contributed by atoms with Crippen molar-refractivity contribution in [2.24, 2.45) is 0 Å². The fourth-order valence-electron chi connectivity index (χ4n) is 2.91. The Morgan fingerprint density at radius 1 is 1.42 bits per heavy atom. The van der Waals surface area contributed by atoms with Crippen LogP contribution in [0.15, 0.2) is 36.7 Å². The molecule has 128 valence electrons. The van der Waals surface area contributed by atoms with Gasteiger partial charge < -0.3 is 15.0 Å². The average Bonchev–Trinajstić information content (AvgIpc) is 3.24. The van der Waals surface area contributed by atoms with Gasteiger partial charge in [-0.1, -0.05) is 12.1 Å². The molecule has 6 heteroatoms. The van der Waals surface area contributed by atoms with Crippen LogP contribution < -0.4 is 5.32 Å². The molecule has 1 atom stereocenters. The highest BCUT2D eigenvalue weighted by Crippen LogP contribution is 2.16. The first-order chi connectivity index (χ1) is 11.6. The Bertz CT molecular complexity index is 690. The van der Waals surface area contributed by atoms with E-state index in [-0.39, 0.29) is 12.0 Å². The summed E-state index contributed by atoms with van der Waals surface area (Å²) in [6.07, 6.45) is 6.01. The summed E-state index contributed by atoms with van der Waals surface area (Å²) in [5.74, 6) is -0.0919. The molecule has 0 saturated carbocycles. The number of carbonyl (C=O) groups excluding carboxylic acids is 1. The molecule has 1 aliphatic heterocycles. The van der Waals surface area contributed by atoms with Crippen LogP contribution in [0.1, 0.15) is 28.8 Å². The van der Waals surface area contributed by atoms with Crippen molar-refractivity contribution in [1.82, 2.24) is 20.0 Å². The maximum atomic E-state index is 12.6. The van der Waals surface area contributed by atoms with Crippen molar-refractivity contribution >= 4 is 5.91 Å². The first kappa shape index (κ1) is 16.7. The number of aromatic nitrogens is 2. The Kier molecular flexibility index (Phi) is 5.27. The van der Waals surface area contributed by atoms with Gasteiger partial charge >= 0.3 is 0 Å². The molecule has 3 rings (SSSR count). The molecule has 1 N–H and O–H groups in total. The fraction of sp³-hybridized carbons (Fsp3) is 0.444. The maximum absolute atomic E-state index is 12.6. The third-order valence-electron chi connectivity index (χ3n) is 4.04. The number of hydrogen-bond acceptors (Lipinski definition) is 4. The van der Waals surface area contributed by atoms with E-state index in [4.69, 9.17) is 4.74 Å². The molecule has 1 aromatic heterocycles. The predicted octanol–water partition coefficient (Wildman–Crippen LogP) is 1.84. The van der Waals surface area contributed by atoms with Gasteiger partial charge in [-0.25, -0.2) is 4.68 Å². The van der Waals surface area contributed by atoms with Crippen molar-refractivity contribution in [1.29, 1.82) is 0 Å². The standard InChI is InChI=1S/C18H24N4O2/c1-21(2)12-14-10-20-22(13-14)17-8-4-3-7-16(17)18(23)19-11-15-6-5-9-24-15/h3-4,7-8,10,13,15H,5-6,9,11-12H2,1-2H3,(H,19,23)/t15-/m0/s1. The largest absolute Gasteiger partial charge is 0.376 e. The van der Waals surface area contributed by atoms with E-state index in [0.29, 0.717) is 12.1 Å². The number of amides is 1. The van der Waals surface area contributed by atoms with Gasteiger partial charge in [0, 0.05) is 31.5 Å². The van der Waals surface area contributed by atoms with Gasteiger partial charge in [-0.2, -0.15) is 5.10 Å². The molecule has 1 aromatic carbocycles. The van der Waals surface area contributed by atoms with Crippen LogP contribution in [0.2, 0.25) is 0 Å². The molecule has 1 saturated heterocycles. The molecule has 1 fully saturated rings. The molecule has 0 radical (unpaired) electrons. The third-order valence-corrected chi connectivity index (χ3v) is 4.04. The lowest BCUT2D eigenvalue weighted by Gasteiger charge is -2.13. The van der Waals surface area contributed by atoms with Crippen molar-refractivity contribution in [3.05, 3.63) is 47.8 Å². The Hall–Kier alpha value is -2.18. The summed E-state index contributed by atoms with van der Waals surface area (Å²) < 4.78 is 7.32. The smallest absolute Gasteiger partial charge is 0.253 e. The van der Waals surface area contributed by atoms with Crippen molar-refractivity contribution in [3.63, 3.8) is 0 Å². The molecule has 0 bridgehead atoms. The topological polar surface area (TPSA) is 59.4 Å². The van der Waals surface area contributed by atoms with E-state index in [1.807, 2.05) is 50.8 Å². The summed E-state index contributed by atoms with van der Waals surface area (Å²) in [6, 6.07) is 7.52. The molecule has 6 nitrogen and oxygen atoms in total. The second-order valence-corrected chi connectivity index (χ2v) is 6.39. The van der Waals surface area contributed by atoms with Gasteiger partial charge in [0.25, 0.3) is 5.91 Å². The number of nitrogens with one attached hydrogen (secondary N) is 1. The molecule has 0 unspecified atom stereocenters. The maximum Gasteiger partial charge on any atom is 0.253 e. The van der Waals surface area contributed by atoms with Crippen LogP contribution in [0.4, 0.5) is 0 Å². The van der Waals surface area contributed by atoms with E-state index in [0.717, 1.165) is 37.2 Å². The second-order valence-electron chi connectivity index (χ2n) is 6.39. The van der Waals surface area contributed by atoms with E-state index in [1.165, 1.54) is 0 Å². The van der Waals surface area contributed by atoms with Crippen LogP contribution in [0.25, 0.3) is 5.69 Å². The third kappa shape index (κ3) is 4.01. The van der Waals surface area contributed by atoms with Gasteiger partial charge in [-0.05, 0) is 39.1 Å². The summed E-state index contributed by atoms with van der Waals surface area (Å²) in [7, 11) is 4.04. The number of para-hydroxylation sites is 1. The Balaban J connectivity index is 1.74. The minimum Gasteiger partial charge on any atom is -0.376 e. The highest BCUT2D eigenvalue weighted by atomic mass is 16.5. The monoisotopic (exact) mass is 328 g/mol. The van der Waals surface area contributed by atoms with E-state index in [9.17, 15) is 4.79 Å². The molecule has 2 aromatic rings. The van der Waals surface area contributed by atoms with Crippen molar-refractivity contribution in [2.75, 3.05) is 27.2 Å². The van der Waals surface area contributed by atoms with Gasteiger partial charge in [-0.3, -0.25) is 4.79 Å². The minimum atomic E-state index is -0.0919. The quantitative estimate of drug-likeness (QED) is 0.879. The number of nitrogens with zero attached hydrogens (tertiary/aromatic N) is 3. The summed E-state index contributed by atoms with van der Waals surface area (Å²) in [6.45, 7) is 2.16. The fourth-order valence-corrected chi connectivity index (χ4v) is 2.91. The van der Waals surface area contributed by atoms with Gasteiger partial charge in [0.2, 0.25) is 0 Å². The lowest BCUT2D eigenvalue weighted by Crippen LogP contribution is -2.32. The van der Waals surface area contributed by atoms with E-state index in [1.54, 1.807) is 4.68 Å². The number of benzene rings is 1. The molecular weight excluding hydrogens is 304 g/mol. The van der Waals surface area contributed by atoms with Crippen LogP contribution in [0, 0.1) is 0 Å². The lowest BCUT2D eigenvalue weighted by atomic mass is 10.1. The number of carbonyl (C=O) groups is 1. The van der Waals surface area contributed by atoms with Crippen LogP contribution >= 0.6 is 0 Å². The zero-order valence-corrected chi connectivity index (χ0v) is 14.2. The Labute approximate surface area is 142 Å². The number of hydrogen-bond donors (Lipinski definition) is 1. The summed E-state index contributed by atoms with van der Waals surface area (Å²) in [4.78, 5) is 14.6. The first-order valence-electron chi connectivity index (χ1n) is 8.31. The van der Waals surface area contributed by atoms with Gasteiger partial charge in [0.1, 0.15) is 0 Å². The van der Waals surface area contributed by atoms with E-state index >= 15 is 0 Å². The van der Waals surface area contributed by atoms with Gasteiger partial charge in [-0.15, -0.1) is 0 Å². The SMILES string of the molecule is CN(C)Cc1cnn(-c2ccccc2C(=O)NC[C@@H]2CCCO2)c1. The second kappa shape index (κ2) is 7.59. The highest BCUT2D eigenvalue weighted by Gasteiger charge is 2.18. The molecule has 24 heavy (non-hydrogen) atoms. The molecule has 0 spiro atoms. The van der Waals surface area contributed by atoms with Crippen LogP contribution in [0.5, 0.6) is 0 Å². The molecule has 0 aliphatic carbocycles. The summed E-state index contributed by atoms with van der Waals surface area (Å²) in [5, 5.41) is 7.38. The minimum absolute atomic E-state index is 0.0919. The predicted molar refractivity (Wildman–Crippen MR) is 92.3 cm³/mol. The van der Waals surface area contributed by atoms with Crippen molar-refractivity contribution in [2.45, 2.75) is 25.5 Å². The zero-order chi connectivity index (χ0) is 16.9. The highest BCUT2D eigenvalue weighted by molar-refractivity contribution is 5.97. The van der Waals surface area contributed by atoms with Crippen LogP contribution in [-0.2, 0) is 11.3 Å². The molecular formula is C18H24N4O2. The number of ether oxygens (including phenoxy) is 1. The average molecular weight is 328 g/mol. The Morgan fingerprint density at radius 3 is 3.00 bits per heavy atom. The Morgan fingerprint density at radius 2 is 2.25 bits per heavy atom.